The van der Waals surface area contributed by atoms with Gasteiger partial charge < -0.3 is 29.6 Å². The van der Waals surface area contributed by atoms with Crippen LogP contribution in [-0.2, 0) is 9.09 Å². The van der Waals surface area contributed by atoms with Crippen LogP contribution in [0.4, 0.5) is 4.79 Å². The maximum absolute atomic E-state index is 12.5. The SMILES string of the molecule is CCCCCCCCC=CCCCCCCCCNC(=O)N(CCO)CCCCCCCCCCC.C[N+](C)(C)CCOP(=O)(O)O. The van der Waals surface area contributed by atoms with Crippen molar-refractivity contribution in [3.8, 4) is 0 Å². The Hall–Kier alpha value is -0.960. The summed E-state index contributed by atoms with van der Waals surface area (Å²) in [6.07, 6.45) is 34.5. The fourth-order valence-corrected chi connectivity index (χ4v) is 5.48. The first-order valence-corrected chi connectivity index (χ1v) is 20.8. The standard InChI is InChI=1S/C32H64N2O2.C5H14NO4P/c1-3-5-7-9-11-13-14-15-16-17-18-19-20-22-24-26-28-33-32(36)34(30-31-35)29-27-25-23-21-12-10-8-6-4-2;1-6(2,3)4-5-10-11(7,8)9/h15-16,35H,3-14,17-31H2,1-2H3,(H,33,36);4-5H2,1-3H3,(H-,7,8,9)/p+1. The summed E-state index contributed by atoms with van der Waals surface area (Å²) in [7, 11) is 1.50. The molecule has 0 aliphatic carbocycles. The molecule has 0 aromatic rings. The van der Waals surface area contributed by atoms with Crippen LogP contribution in [0.25, 0.3) is 0 Å². The van der Waals surface area contributed by atoms with E-state index in [1.807, 2.05) is 21.1 Å². The number of nitrogens with zero attached hydrogens (tertiary/aromatic N) is 2. The van der Waals surface area contributed by atoms with Crippen molar-refractivity contribution < 1.29 is 33.3 Å². The number of amides is 2. The van der Waals surface area contributed by atoms with Crippen molar-refractivity contribution in [1.29, 1.82) is 0 Å². The Morgan fingerprint density at radius 2 is 1.11 bits per heavy atom. The highest BCUT2D eigenvalue weighted by molar-refractivity contribution is 7.46. The predicted molar refractivity (Wildman–Crippen MR) is 200 cm³/mol. The molecule has 0 spiro atoms. The van der Waals surface area contributed by atoms with Gasteiger partial charge in [0, 0.05) is 19.6 Å². The number of nitrogens with one attached hydrogen (secondary N) is 1. The Morgan fingerprint density at radius 1 is 0.681 bits per heavy atom. The van der Waals surface area contributed by atoms with Gasteiger partial charge in [-0.05, 0) is 38.5 Å². The smallest absolute Gasteiger partial charge is 0.395 e. The predicted octanol–water partition coefficient (Wildman–Crippen LogP) is 9.36. The molecule has 47 heavy (non-hydrogen) atoms. The second-order valence-electron chi connectivity index (χ2n) is 14.0. The van der Waals surface area contributed by atoms with Crippen molar-refractivity contribution in [2.24, 2.45) is 0 Å². The Bertz CT molecular complexity index is 742. The molecule has 0 saturated heterocycles. The molecule has 10 heteroatoms. The van der Waals surface area contributed by atoms with E-state index in [9.17, 15) is 14.5 Å². The number of allylic oxidation sites excluding steroid dienone is 2. The molecule has 0 aliphatic heterocycles. The lowest BCUT2D eigenvalue weighted by atomic mass is 10.1. The number of aliphatic hydroxyl groups excluding tert-OH is 1. The third-order valence-electron chi connectivity index (χ3n) is 8.18. The number of hydrogen-bond acceptors (Lipinski definition) is 4. The molecule has 0 fully saturated rings. The van der Waals surface area contributed by atoms with Gasteiger partial charge in [0.25, 0.3) is 0 Å². The fraction of sp³-hybridized carbons (Fsp3) is 0.919. The number of likely N-dealkylation sites (N-methyl/N-ethyl adjacent to an activating group) is 1. The molecule has 0 atom stereocenters. The van der Waals surface area contributed by atoms with Gasteiger partial charge in [-0.25, -0.2) is 9.36 Å². The first-order valence-electron chi connectivity index (χ1n) is 19.3. The van der Waals surface area contributed by atoms with Gasteiger partial charge in [0.1, 0.15) is 13.2 Å². The number of hydrogen-bond donors (Lipinski definition) is 4. The zero-order chi connectivity index (χ0) is 35.5. The number of phosphoric acid groups is 1. The van der Waals surface area contributed by atoms with E-state index >= 15 is 0 Å². The largest absolute Gasteiger partial charge is 0.469 e. The number of phosphoric ester groups is 1. The summed E-state index contributed by atoms with van der Waals surface area (Å²) in [5, 5.41) is 12.4. The van der Waals surface area contributed by atoms with Crippen molar-refractivity contribution in [2.45, 2.75) is 162 Å². The number of carbonyl (C=O) groups excluding carboxylic acids is 1. The minimum absolute atomic E-state index is 0.00337. The summed E-state index contributed by atoms with van der Waals surface area (Å²) in [6.45, 7) is 7.17. The number of unbranched alkanes of at least 4 members (excludes halogenated alkanes) is 20. The van der Waals surface area contributed by atoms with E-state index in [-0.39, 0.29) is 19.2 Å². The first-order chi connectivity index (χ1) is 22.5. The van der Waals surface area contributed by atoms with Crippen LogP contribution in [0.1, 0.15) is 162 Å². The summed E-state index contributed by atoms with van der Waals surface area (Å²) in [5.74, 6) is 0. The zero-order valence-corrected chi connectivity index (χ0v) is 32.5. The Morgan fingerprint density at radius 3 is 1.53 bits per heavy atom. The summed E-state index contributed by atoms with van der Waals surface area (Å²) in [5.41, 5.74) is 0. The van der Waals surface area contributed by atoms with Crippen LogP contribution >= 0.6 is 7.82 Å². The van der Waals surface area contributed by atoms with Crippen LogP contribution in [0.3, 0.4) is 0 Å². The summed E-state index contributed by atoms with van der Waals surface area (Å²) >= 11 is 0. The molecule has 0 radical (unpaired) electrons. The van der Waals surface area contributed by atoms with Crippen LogP contribution in [0.15, 0.2) is 12.2 Å². The van der Waals surface area contributed by atoms with Crippen molar-refractivity contribution >= 4 is 13.9 Å². The second-order valence-corrected chi connectivity index (χ2v) is 15.3. The van der Waals surface area contributed by atoms with Gasteiger partial charge >= 0.3 is 13.9 Å². The Balaban J connectivity index is 0. The quantitative estimate of drug-likeness (QED) is 0.0241. The number of rotatable bonds is 32. The molecule has 0 rings (SSSR count). The molecule has 0 bridgehead atoms. The van der Waals surface area contributed by atoms with Crippen LogP contribution in [0.2, 0.25) is 0 Å². The van der Waals surface area contributed by atoms with Crippen LogP contribution < -0.4 is 5.32 Å². The molecule has 4 N–H and O–H groups in total. The van der Waals surface area contributed by atoms with E-state index in [0.717, 1.165) is 25.9 Å². The molecule has 2 amide bonds. The van der Waals surface area contributed by atoms with Gasteiger partial charge in [0.05, 0.1) is 27.7 Å². The number of carbonyl (C=O) groups is 1. The monoisotopic (exact) mass is 693 g/mol. The highest BCUT2D eigenvalue weighted by Crippen LogP contribution is 2.35. The highest BCUT2D eigenvalue weighted by atomic mass is 31.2. The van der Waals surface area contributed by atoms with Crippen LogP contribution in [0.5, 0.6) is 0 Å². The maximum Gasteiger partial charge on any atom is 0.469 e. The van der Waals surface area contributed by atoms with Crippen molar-refractivity contribution in [2.75, 3.05) is 60.5 Å². The minimum Gasteiger partial charge on any atom is -0.395 e. The Kier molecular flexibility index (Phi) is 35.7. The maximum atomic E-state index is 12.5. The third kappa shape index (κ3) is 43.0. The van der Waals surface area contributed by atoms with E-state index in [2.05, 4.69) is 35.8 Å². The van der Waals surface area contributed by atoms with Gasteiger partial charge in [-0.3, -0.25) is 4.52 Å². The van der Waals surface area contributed by atoms with Crippen LogP contribution in [-0.4, -0.2) is 90.8 Å². The molecule has 282 valence electrons. The summed E-state index contributed by atoms with van der Waals surface area (Å²) in [4.78, 5) is 30.8. The van der Waals surface area contributed by atoms with Crippen molar-refractivity contribution in [3.63, 3.8) is 0 Å². The average molecular weight is 693 g/mol. The van der Waals surface area contributed by atoms with E-state index < -0.39 is 7.82 Å². The summed E-state index contributed by atoms with van der Waals surface area (Å²) in [6, 6.07) is -0.00337. The molecule has 9 nitrogen and oxygen atoms in total. The van der Waals surface area contributed by atoms with Crippen molar-refractivity contribution in [3.05, 3.63) is 12.2 Å². The van der Waals surface area contributed by atoms with E-state index in [1.165, 1.54) is 135 Å². The number of urea groups is 1. The van der Waals surface area contributed by atoms with Gasteiger partial charge in [-0.2, -0.15) is 0 Å². The molecule has 0 heterocycles. The molecule has 0 aromatic heterocycles. The van der Waals surface area contributed by atoms with E-state index in [4.69, 9.17) is 9.79 Å². The highest BCUT2D eigenvalue weighted by Gasteiger charge is 2.16. The lowest BCUT2D eigenvalue weighted by Crippen LogP contribution is -2.42. The Labute approximate surface area is 291 Å². The lowest BCUT2D eigenvalue weighted by molar-refractivity contribution is -0.870. The number of aliphatic hydroxyl groups is 1. The topological polar surface area (TPSA) is 119 Å². The van der Waals surface area contributed by atoms with E-state index in [0.29, 0.717) is 17.6 Å². The van der Waals surface area contributed by atoms with Gasteiger partial charge in [0.15, 0.2) is 0 Å². The number of quaternary nitrogens is 1. The van der Waals surface area contributed by atoms with Gasteiger partial charge in [0.2, 0.25) is 0 Å². The molecule has 0 aliphatic rings. The minimum atomic E-state index is -4.26. The lowest BCUT2D eigenvalue weighted by Gasteiger charge is -2.23. The molecular formula is C37H79N3O6P+. The van der Waals surface area contributed by atoms with Gasteiger partial charge in [-0.15, -0.1) is 0 Å². The van der Waals surface area contributed by atoms with Crippen LogP contribution in [0, 0.1) is 0 Å². The molecule has 0 unspecified atom stereocenters. The van der Waals surface area contributed by atoms with Crippen molar-refractivity contribution in [1.82, 2.24) is 10.2 Å². The molecule has 0 aromatic carbocycles. The first kappa shape index (κ1) is 48.2. The zero-order valence-electron chi connectivity index (χ0n) is 31.6. The third-order valence-corrected chi connectivity index (χ3v) is 8.69. The average Bonchev–Trinajstić information content (AvgIpc) is 3.00. The molecular weight excluding hydrogens is 613 g/mol. The van der Waals surface area contributed by atoms with E-state index in [1.54, 1.807) is 4.90 Å². The fourth-order valence-electron chi connectivity index (χ4n) is 5.16. The molecule has 0 saturated carbocycles. The summed E-state index contributed by atoms with van der Waals surface area (Å²) < 4.78 is 15.1. The normalized spacial score (nSPS) is 11.9. The van der Waals surface area contributed by atoms with Gasteiger partial charge in [-0.1, -0.05) is 135 Å². The second kappa shape index (κ2) is 34.9.